The van der Waals surface area contributed by atoms with Crippen LogP contribution in [0.5, 0.6) is 0 Å². The van der Waals surface area contributed by atoms with Crippen LogP contribution in [0.15, 0.2) is 48.5 Å². The third-order valence-electron chi connectivity index (χ3n) is 3.25. The van der Waals surface area contributed by atoms with Gasteiger partial charge in [0.15, 0.2) is 6.29 Å². The average molecular weight is 207 g/mol. The Morgan fingerprint density at radius 1 is 0.875 bits per heavy atom. The number of hydrogen-bond acceptors (Lipinski definition) is 1. The van der Waals surface area contributed by atoms with Crippen LogP contribution in [0.4, 0.5) is 0 Å². The topological polar surface area (TPSA) is 17.1 Å². The third-order valence-corrected chi connectivity index (χ3v) is 3.25. The minimum Gasteiger partial charge on any atom is -0.291 e. The molecular weight excluding hydrogens is 196 g/mol. The smallest absolute Gasteiger partial charge is 0.199 e. The van der Waals surface area contributed by atoms with Crippen molar-refractivity contribution in [2.75, 3.05) is 0 Å². The van der Waals surface area contributed by atoms with Crippen molar-refractivity contribution in [2.45, 2.75) is 12.3 Å². The first-order valence-corrected chi connectivity index (χ1v) is 5.45. The molecule has 2 aromatic carbocycles. The van der Waals surface area contributed by atoms with Gasteiger partial charge in [-0.15, -0.1) is 0 Å². The molecule has 1 nitrogen and oxygen atoms in total. The Hall–Kier alpha value is -1.89. The Labute approximate surface area is 94.7 Å². The zero-order chi connectivity index (χ0) is 11.0. The van der Waals surface area contributed by atoms with Gasteiger partial charge in [-0.25, -0.2) is 0 Å². The molecule has 0 aromatic heterocycles. The van der Waals surface area contributed by atoms with Crippen molar-refractivity contribution in [3.8, 4) is 11.1 Å². The van der Waals surface area contributed by atoms with Crippen molar-refractivity contribution in [1.82, 2.24) is 0 Å². The largest absolute Gasteiger partial charge is 0.291 e. The van der Waals surface area contributed by atoms with Crippen molar-refractivity contribution < 1.29 is 4.79 Å². The summed E-state index contributed by atoms with van der Waals surface area (Å²) in [7, 11) is 0. The molecular formula is C15H11O. The van der Waals surface area contributed by atoms with Gasteiger partial charge in [0.25, 0.3) is 0 Å². The molecule has 0 bridgehead atoms. The minimum absolute atomic E-state index is 0.199. The maximum atomic E-state index is 10.7. The van der Waals surface area contributed by atoms with E-state index in [0.29, 0.717) is 6.42 Å². The Morgan fingerprint density at radius 2 is 1.38 bits per heavy atom. The van der Waals surface area contributed by atoms with E-state index >= 15 is 0 Å². The van der Waals surface area contributed by atoms with Crippen molar-refractivity contribution in [3.05, 3.63) is 59.7 Å². The van der Waals surface area contributed by atoms with Crippen molar-refractivity contribution in [3.63, 3.8) is 0 Å². The molecule has 0 heterocycles. The van der Waals surface area contributed by atoms with Crippen LogP contribution in [0.2, 0.25) is 0 Å². The second-order valence-electron chi connectivity index (χ2n) is 4.08. The van der Waals surface area contributed by atoms with Gasteiger partial charge in [0.1, 0.15) is 0 Å². The SMILES string of the molecule is O=[C]CC1c2ccccc2-c2ccccc21. The average Bonchev–Trinajstić information content (AvgIpc) is 2.66. The lowest BCUT2D eigenvalue weighted by atomic mass is 9.94. The van der Waals surface area contributed by atoms with E-state index in [2.05, 4.69) is 24.3 Å². The first-order valence-electron chi connectivity index (χ1n) is 5.45. The van der Waals surface area contributed by atoms with Crippen LogP contribution in [0.3, 0.4) is 0 Å². The third kappa shape index (κ3) is 1.21. The molecule has 0 aliphatic heterocycles. The maximum Gasteiger partial charge on any atom is 0.199 e. The Balaban J connectivity index is 2.25. The number of fused-ring (bicyclic) bond motifs is 3. The van der Waals surface area contributed by atoms with Gasteiger partial charge in [-0.1, -0.05) is 48.5 Å². The Kier molecular flexibility index (Phi) is 2.10. The second-order valence-corrected chi connectivity index (χ2v) is 4.08. The first kappa shape index (κ1) is 9.34. The fourth-order valence-electron chi connectivity index (χ4n) is 2.56. The number of rotatable bonds is 2. The molecule has 1 radical (unpaired) electrons. The maximum absolute atomic E-state index is 10.7. The molecule has 0 spiro atoms. The highest BCUT2D eigenvalue weighted by Crippen LogP contribution is 2.45. The predicted octanol–water partition coefficient (Wildman–Crippen LogP) is 3.30. The standard InChI is InChI=1S/C15H11O/c16-10-9-15-13-7-3-1-5-11(13)12-6-2-4-8-14(12)15/h1-8,15H,9H2. The monoisotopic (exact) mass is 207 g/mol. The Bertz CT molecular complexity index is 497. The highest BCUT2D eigenvalue weighted by Gasteiger charge is 2.27. The molecule has 1 aliphatic rings. The molecule has 0 amide bonds. The van der Waals surface area contributed by atoms with Crippen LogP contribution in [0, 0.1) is 0 Å². The van der Waals surface area contributed by atoms with Gasteiger partial charge in [0.05, 0.1) is 0 Å². The van der Waals surface area contributed by atoms with Gasteiger partial charge in [-0.3, -0.25) is 4.79 Å². The van der Waals surface area contributed by atoms with Crippen LogP contribution < -0.4 is 0 Å². The van der Waals surface area contributed by atoms with Crippen LogP contribution in [0.1, 0.15) is 23.5 Å². The van der Waals surface area contributed by atoms with E-state index in [4.69, 9.17) is 0 Å². The number of hydrogen-bond donors (Lipinski definition) is 0. The molecule has 1 heteroatoms. The second kappa shape index (κ2) is 3.60. The van der Waals surface area contributed by atoms with Crippen molar-refractivity contribution in [1.29, 1.82) is 0 Å². The molecule has 2 aromatic rings. The summed E-state index contributed by atoms with van der Waals surface area (Å²) in [5.74, 6) is 0.199. The summed E-state index contributed by atoms with van der Waals surface area (Å²) in [6, 6.07) is 16.6. The van der Waals surface area contributed by atoms with Crippen LogP contribution in [-0.2, 0) is 4.79 Å². The minimum atomic E-state index is 0.199. The summed E-state index contributed by atoms with van der Waals surface area (Å²) in [4.78, 5) is 10.7. The van der Waals surface area contributed by atoms with E-state index < -0.39 is 0 Å². The molecule has 1 aliphatic carbocycles. The molecule has 0 N–H and O–H groups in total. The summed E-state index contributed by atoms with van der Waals surface area (Å²) >= 11 is 0. The van der Waals surface area contributed by atoms with E-state index in [1.165, 1.54) is 22.3 Å². The van der Waals surface area contributed by atoms with Crippen LogP contribution in [0.25, 0.3) is 11.1 Å². The highest BCUT2D eigenvalue weighted by atomic mass is 16.1. The van der Waals surface area contributed by atoms with E-state index in [1.54, 1.807) is 0 Å². The van der Waals surface area contributed by atoms with Crippen LogP contribution >= 0.6 is 0 Å². The van der Waals surface area contributed by atoms with Gasteiger partial charge >= 0.3 is 0 Å². The summed E-state index contributed by atoms with van der Waals surface area (Å²) in [6.07, 6.45) is 2.49. The Morgan fingerprint density at radius 3 is 1.88 bits per heavy atom. The van der Waals surface area contributed by atoms with Gasteiger partial charge < -0.3 is 0 Å². The van der Waals surface area contributed by atoms with Gasteiger partial charge in [-0.2, -0.15) is 0 Å². The normalized spacial score (nSPS) is 13.2. The lowest BCUT2D eigenvalue weighted by molar-refractivity contribution is 0.548. The molecule has 0 fully saturated rings. The molecule has 3 rings (SSSR count). The molecule has 0 unspecified atom stereocenters. The summed E-state index contributed by atoms with van der Waals surface area (Å²) in [6.45, 7) is 0. The van der Waals surface area contributed by atoms with E-state index in [1.807, 2.05) is 30.6 Å². The zero-order valence-electron chi connectivity index (χ0n) is 8.81. The quantitative estimate of drug-likeness (QED) is 0.738. The van der Waals surface area contributed by atoms with Gasteiger partial charge in [-0.05, 0) is 22.3 Å². The zero-order valence-corrected chi connectivity index (χ0v) is 8.81. The van der Waals surface area contributed by atoms with Gasteiger partial charge in [0.2, 0.25) is 0 Å². The lowest BCUT2D eigenvalue weighted by Gasteiger charge is -2.08. The summed E-state index contributed by atoms with van der Waals surface area (Å²) < 4.78 is 0. The molecule has 0 saturated carbocycles. The fraction of sp³-hybridized carbons (Fsp3) is 0.133. The van der Waals surface area contributed by atoms with Crippen LogP contribution in [-0.4, -0.2) is 6.29 Å². The summed E-state index contributed by atoms with van der Waals surface area (Å²) in [5, 5.41) is 0. The lowest BCUT2D eigenvalue weighted by Crippen LogP contribution is -1.96. The van der Waals surface area contributed by atoms with Crippen molar-refractivity contribution in [2.24, 2.45) is 0 Å². The van der Waals surface area contributed by atoms with E-state index in [-0.39, 0.29) is 5.92 Å². The fourth-order valence-corrected chi connectivity index (χ4v) is 2.56. The molecule has 0 atom stereocenters. The molecule has 0 saturated heterocycles. The molecule has 77 valence electrons. The first-order chi connectivity index (χ1) is 7.92. The molecule has 16 heavy (non-hydrogen) atoms. The van der Waals surface area contributed by atoms with E-state index in [9.17, 15) is 4.79 Å². The summed E-state index contributed by atoms with van der Waals surface area (Å²) in [5.41, 5.74) is 5.04. The number of benzene rings is 2. The predicted molar refractivity (Wildman–Crippen MR) is 64.0 cm³/mol. The van der Waals surface area contributed by atoms with E-state index in [0.717, 1.165) is 0 Å². The van der Waals surface area contributed by atoms with Gasteiger partial charge in [0, 0.05) is 12.3 Å². The highest BCUT2D eigenvalue weighted by molar-refractivity contribution is 5.80. The van der Waals surface area contributed by atoms with Crippen molar-refractivity contribution >= 4 is 6.29 Å². The number of carbonyl (C=O) groups excluding carboxylic acids is 1.